The third-order valence-corrected chi connectivity index (χ3v) is 5.04. The van der Waals surface area contributed by atoms with Gasteiger partial charge in [0.2, 0.25) is 5.84 Å². The van der Waals surface area contributed by atoms with E-state index < -0.39 is 6.04 Å². The fraction of sp³-hybridized carbons (Fsp3) is 0.318. The molecule has 1 atom stereocenters. The summed E-state index contributed by atoms with van der Waals surface area (Å²) in [6, 6.07) is 16.2. The maximum absolute atomic E-state index is 12.8. The Morgan fingerprint density at radius 3 is 2.70 bits per heavy atom. The summed E-state index contributed by atoms with van der Waals surface area (Å²) in [5, 5.41) is 4.25. The molecule has 30 heavy (non-hydrogen) atoms. The highest BCUT2D eigenvalue weighted by molar-refractivity contribution is 6.43. The highest BCUT2D eigenvalue weighted by atomic mass is 16.5. The van der Waals surface area contributed by atoms with Crippen LogP contribution in [-0.2, 0) is 20.9 Å². The first-order valence-corrected chi connectivity index (χ1v) is 10.0. The minimum Gasteiger partial charge on any atom is -0.379 e. The molecule has 0 radical (unpaired) electrons. The smallest absolute Gasteiger partial charge is 0.292 e. The van der Waals surface area contributed by atoms with Gasteiger partial charge in [-0.15, -0.1) is 0 Å². The van der Waals surface area contributed by atoms with Crippen molar-refractivity contribution in [3.8, 4) is 0 Å². The number of hydrazine groups is 1. The molecule has 0 bridgehead atoms. The maximum atomic E-state index is 12.8. The van der Waals surface area contributed by atoms with E-state index in [2.05, 4.69) is 20.6 Å². The molecule has 1 fully saturated rings. The number of ether oxygens (including phenoxy) is 1. The van der Waals surface area contributed by atoms with Gasteiger partial charge < -0.3 is 10.1 Å². The van der Waals surface area contributed by atoms with E-state index in [1.807, 2.05) is 42.5 Å². The molecule has 2 aromatic carbocycles. The predicted molar refractivity (Wildman–Crippen MR) is 115 cm³/mol. The zero-order valence-corrected chi connectivity index (χ0v) is 16.9. The fourth-order valence-corrected chi connectivity index (χ4v) is 3.46. The number of nitrogens with one attached hydrogen (secondary N) is 2. The Balaban J connectivity index is 1.45. The third kappa shape index (κ3) is 4.67. The number of aliphatic imine (C=N–C) groups is 1. The standard InChI is InChI=1S/C22H25N5O3/c1-16-22(29)27(19-8-3-2-4-9-19)25-20(23-16)21(28)24-18-7-5-6-17(14-18)15-26-10-12-30-13-11-26/h2-9,14,16H,10-13,15H2,1H3,(H,23,25)(H,24,28). The molecule has 2 aliphatic rings. The lowest BCUT2D eigenvalue weighted by atomic mass is 10.1. The van der Waals surface area contributed by atoms with Gasteiger partial charge in [-0.2, -0.15) is 0 Å². The van der Waals surface area contributed by atoms with Crippen molar-refractivity contribution in [3.63, 3.8) is 0 Å². The SMILES string of the molecule is CC1N=C(C(=O)Nc2cccc(CN3CCOCC3)c2)NN(c2ccccc2)C1=O. The molecule has 2 N–H and O–H groups in total. The largest absolute Gasteiger partial charge is 0.379 e. The molecular formula is C22H25N5O3. The Hall–Kier alpha value is -3.23. The van der Waals surface area contributed by atoms with E-state index >= 15 is 0 Å². The second-order valence-corrected chi connectivity index (χ2v) is 7.32. The molecule has 8 heteroatoms. The Kier molecular flexibility index (Phi) is 6.06. The lowest BCUT2D eigenvalue weighted by molar-refractivity contribution is -0.120. The summed E-state index contributed by atoms with van der Waals surface area (Å²) in [4.78, 5) is 31.9. The molecule has 1 saturated heterocycles. The minimum atomic E-state index is -0.653. The number of hydrogen-bond donors (Lipinski definition) is 2. The number of rotatable bonds is 5. The second kappa shape index (κ2) is 9.06. The number of nitrogens with zero attached hydrogens (tertiary/aromatic N) is 3. The van der Waals surface area contributed by atoms with Crippen LogP contribution in [0.3, 0.4) is 0 Å². The molecule has 156 valence electrons. The molecule has 2 aromatic rings. The van der Waals surface area contributed by atoms with Crippen LogP contribution in [0.25, 0.3) is 0 Å². The lowest BCUT2D eigenvalue weighted by Crippen LogP contribution is -2.57. The van der Waals surface area contributed by atoms with E-state index in [0.29, 0.717) is 11.4 Å². The second-order valence-electron chi connectivity index (χ2n) is 7.32. The van der Waals surface area contributed by atoms with Crippen LogP contribution in [0.15, 0.2) is 59.6 Å². The minimum absolute atomic E-state index is 0.101. The summed E-state index contributed by atoms with van der Waals surface area (Å²) in [6.07, 6.45) is 0. The van der Waals surface area contributed by atoms with Crippen LogP contribution in [0.2, 0.25) is 0 Å². The van der Waals surface area contributed by atoms with Crippen molar-refractivity contribution in [1.82, 2.24) is 10.3 Å². The van der Waals surface area contributed by atoms with Crippen molar-refractivity contribution >= 4 is 29.0 Å². The van der Waals surface area contributed by atoms with E-state index in [9.17, 15) is 9.59 Å². The van der Waals surface area contributed by atoms with Gasteiger partial charge in [-0.25, -0.2) is 10.0 Å². The number of amidine groups is 1. The summed E-state index contributed by atoms with van der Waals surface area (Å²) in [5.41, 5.74) is 5.30. The number of morpholine rings is 1. The van der Waals surface area contributed by atoms with Crippen LogP contribution in [0.1, 0.15) is 12.5 Å². The van der Waals surface area contributed by atoms with Crippen LogP contribution >= 0.6 is 0 Å². The van der Waals surface area contributed by atoms with Gasteiger partial charge in [0.15, 0.2) is 0 Å². The van der Waals surface area contributed by atoms with Crippen molar-refractivity contribution in [2.45, 2.75) is 19.5 Å². The zero-order chi connectivity index (χ0) is 20.9. The average Bonchev–Trinajstić information content (AvgIpc) is 2.77. The van der Waals surface area contributed by atoms with E-state index in [1.165, 1.54) is 5.01 Å². The summed E-state index contributed by atoms with van der Waals surface area (Å²) < 4.78 is 5.39. The maximum Gasteiger partial charge on any atom is 0.292 e. The van der Waals surface area contributed by atoms with Crippen LogP contribution < -0.4 is 15.8 Å². The number of carbonyl (C=O) groups excluding carboxylic acids is 2. The van der Waals surface area contributed by atoms with E-state index in [-0.39, 0.29) is 17.6 Å². The van der Waals surface area contributed by atoms with Gasteiger partial charge in [0, 0.05) is 25.3 Å². The zero-order valence-electron chi connectivity index (χ0n) is 16.9. The average molecular weight is 407 g/mol. The van der Waals surface area contributed by atoms with Gasteiger partial charge in [0.25, 0.3) is 11.8 Å². The quantitative estimate of drug-likeness (QED) is 0.789. The monoisotopic (exact) mass is 407 g/mol. The van der Waals surface area contributed by atoms with Crippen molar-refractivity contribution in [2.75, 3.05) is 36.6 Å². The van der Waals surface area contributed by atoms with Crippen LogP contribution in [0.5, 0.6) is 0 Å². The van der Waals surface area contributed by atoms with E-state index in [4.69, 9.17) is 4.74 Å². The van der Waals surface area contributed by atoms with Gasteiger partial charge in [0.1, 0.15) is 6.04 Å². The summed E-state index contributed by atoms with van der Waals surface area (Å²) >= 11 is 0. The van der Waals surface area contributed by atoms with Gasteiger partial charge in [0.05, 0.1) is 18.9 Å². The fourth-order valence-electron chi connectivity index (χ4n) is 3.46. The normalized spacial score (nSPS) is 19.8. The number of benzene rings is 2. The number of para-hydroxylation sites is 1. The molecule has 2 heterocycles. The molecule has 0 aromatic heterocycles. The molecule has 2 amide bonds. The van der Waals surface area contributed by atoms with E-state index in [0.717, 1.165) is 38.4 Å². The molecule has 2 aliphatic heterocycles. The molecule has 8 nitrogen and oxygen atoms in total. The first kappa shape index (κ1) is 20.1. The van der Waals surface area contributed by atoms with Gasteiger partial charge >= 0.3 is 0 Å². The Morgan fingerprint density at radius 2 is 1.93 bits per heavy atom. The number of carbonyl (C=O) groups is 2. The third-order valence-electron chi connectivity index (χ3n) is 5.04. The first-order valence-electron chi connectivity index (χ1n) is 10.0. The van der Waals surface area contributed by atoms with E-state index in [1.54, 1.807) is 19.1 Å². The van der Waals surface area contributed by atoms with Gasteiger partial charge in [-0.3, -0.25) is 19.9 Å². The topological polar surface area (TPSA) is 86.3 Å². The first-order chi connectivity index (χ1) is 14.6. The molecule has 0 saturated carbocycles. The lowest BCUT2D eigenvalue weighted by Gasteiger charge is -2.30. The van der Waals surface area contributed by atoms with Gasteiger partial charge in [-0.05, 0) is 36.8 Å². The molecular weight excluding hydrogens is 382 g/mol. The molecule has 0 spiro atoms. The Morgan fingerprint density at radius 1 is 1.17 bits per heavy atom. The number of anilines is 2. The van der Waals surface area contributed by atoms with Crippen molar-refractivity contribution in [2.24, 2.45) is 4.99 Å². The Bertz CT molecular complexity index is 941. The summed E-state index contributed by atoms with van der Waals surface area (Å²) in [6.45, 7) is 5.78. The molecule has 0 aliphatic carbocycles. The van der Waals surface area contributed by atoms with Gasteiger partial charge in [-0.1, -0.05) is 30.3 Å². The number of amides is 2. The van der Waals surface area contributed by atoms with Crippen LogP contribution in [0.4, 0.5) is 11.4 Å². The highest BCUT2D eigenvalue weighted by Gasteiger charge is 2.30. The van der Waals surface area contributed by atoms with Crippen molar-refractivity contribution < 1.29 is 14.3 Å². The Labute approximate surface area is 175 Å². The summed E-state index contributed by atoms with van der Waals surface area (Å²) in [7, 11) is 0. The van der Waals surface area contributed by atoms with Crippen LogP contribution in [-0.4, -0.2) is 54.9 Å². The molecule has 1 unspecified atom stereocenters. The van der Waals surface area contributed by atoms with Crippen LogP contribution in [0, 0.1) is 0 Å². The number of hydrogen-bond acceptors (Lipinski definition) is 6. The van der Waals surface area contributed by atoms with Crippen molar-refractivity contribution in [3.05, 3.63) is 60.2 Å². The molecule has 4 rings (SSSR count). The van der Waals surface area contributed by atoms with Crippen molar-refractivity contribution in [1.29, 1.82) is 0 Å². The highest BCUT2D eigenvalue weighted by Crippen LogP contribution is 2.17. The predicted octanol–water partition coefficient (Wildman–Crippen LogP) is 1.80. The summed E-state index contributed by atoms with van der Waals surface area (Å²) in [5.74, 6) is -0.506.